The number of benzene rings is 2. The molecule has 1 atom stereocenters. The number of hydrogen-bond acceptors (Lipinski definition) is 2. The number of halogens is 1. The van der Waals surface area contributed by atoms with E-state index in [1.54, 1.807) is 0 Å². The summed E-state index contributed by atoms with van der Waals surface area (Å²) in [5.41, 5.74) is 3.13. The zero-order valence-electron chi connectivity index (χ0n) is 14.7. The van der Waals surface area contributed by atoms with Gasteiger partial charge in [0.15, 0.2) is 0 Å². The zero-order valence-corrected chi connectivity index (χ0v) is 15.5. The van der Waals surface area contributed by atoms with Gasteiger partial charge in [-0.1, -0.05) is 35.9 Å². The fourth-order valence-electron chi connectivity index (χ4n) is 3.94. The summed E-state index contributed by atoms with van der Waals surface area (Å²) in [7, 11) is 0. The molecular formula is C22H22ClN3. The molecule has 0 amide bonds. The molecule has 2 heterocycles. The molecule has 3 aromatic rings. The molecule has 0 aliphatic carbocycles. The van der Waals surface area contributed by atoms with E-state index in [9.17, 15) is 0 Å². The third kappa shape index (κ3) is 3.62. The SMILES string of the molecule is N#Cc1ccc2ccn(CC3CCN(CCc4ccccc4Cl)C3)c2c1. The molecular weight excluding hydrogens is 342 g/mol. The van der Waals surface area contributed by atoms with Gasteiger partial charge in [0.25, 0.3) is 0 Å². The lowest BCUT2D eigenvalue weighted by atomic mass is 10.1. The second kappa shape index (κ2) is 7.53. The third-order valence-corrected chi connectivity index (χ3v) is 5.75. The van der Waals surface area contributed by atoms with Crippen LogP contribution < -0.4 is 0 Å². The fraction of sp³-hybridized carbons (Fsp3) is 0.318. The predicted molar refractivity (Wildman–Crippen MR) is 106 cm³/mol. The number of nitrogens with zero attached hydrogens (tertiary/aromatic N) is 3. The monoisotopic (exact) mass is 363 g/mol. The maximum atomic E-state index is 9.14. The summed E-state index contributed by atoms with van der Waals surface area (Å²) < 4.78 is 2.30. The lowest BCUT2D eigenvalue weighted by Gasteiger charge is -2.17. The standard InChI is InChI=1S/C22H22ClN3/c23-21-4-2-1-3-19(21)8-11-25-10-7-18(15-25)16-26-12-9-20-6-5-17(14-24)13-22(20)26/h1-6,9,12-13,18H,7-8,10-11,15-16H2. The first-order valence-corrected chi connectivity index (χ1v) is 9.55. The molecule has 3 nitrogen and oxygen atoms in total. The van der Waals surface area contributed by atoms with Crippen molar-refractivity contribution in [3.05, 3.63) is 70.9 Å². The number of likely N-dealkylation sites (tertiary alicyclic amines) is 1. The summed E-state index contributed by atoms with van der Waals surface area (Å²) in [5.74, 6) is 0.655. The molecule has 0 spiro atoms. The lowest BCUT2D eigenvalue weighted by molar-refractivity contribution is 0.321. The molecule has 1 unspecified atom stereocenters. The Labute approximate surface area is 159 Å². The van der Waals surface area contributed by atoms with Crippen molar-refractivity contribution in [3.8, 4) is 6.07 Å². The second-order valence-corrected chi connectivity index (χ2v) is 7.56. The third-order valence-electron chi connectivity index (χ3n) is 5.38. The molecule has 1 aliphatic heterocycles. The van der Waals surface area contributed by atoms with E-state index in [2.05, 4.69) is 39.9 Å². The Kier molecular flexibility index (Phi) is 4.97. The van der Waals surface area contributed by atoms with Crippen LogP contribution in [0.15, 0.2) is 54.7 Å². The number of nitriles is 1. The summed E-state index contributed by atoms with van der Waals surface area (Å²) in [4.78, 5) is 2.54. The smallest absolute Gasteiger partial charge is 0.0992 e. The quantitative estimate of drug-likeness (QED) is 0.656. The van der Waals surface area contributed by atoms with Crippen molar-refractivity contribution >= 4 is 22.5 Å². The second-order valence-electron chi connectivity index (χ2n) is 7.15. The van der Waals surface area contributed by atoms with E-state index in [4.69, 9.17) is 16.9 Å². The zero-order chi connectivity index (χ0) is 17.9. The van der Waals surface area contributed by atoms with E-state index in [0.29, 0.717) is 5.92 Å². The number of hydrogen-bond donors (Lipinski definition) is 0. The van der Waals surface area contributed by atoms with Crippen molar-refractivity contribution in [2.75, 3.05) is 19.6 Å². The molecule has 4 heteroatoms. The predicted octanol–water partition coefficient (Wildman–Crippen LogP) is 4.73. The Bertz CT molecular complexity index is 953. The van der Waals surface area contributed by atoms with E-state index >= 15 is 0 Å². The van der Waals surface area contributed by atoms with Crippen molar-refractivity contribution in [2.24, 2.45) is 5.92 Å². The highest BCUT2D eigenvalue weighted by atomic mass is 35.5. The van der Waals surface area contributed by atoms with Crippen molar-refractivity contribution in [2.45, 2.75) is 19.4 Å². The summed E-state index contributed by atoms with van der Waals surface area (Å²) in [6, 6.07) is 18.4. The van der Waals surface area contributed by atoms with Gasteiger partial charge in [0, 0.05) is 36.4 Å². The average Bonchev–Trinajstić information content (AvgIpc) is 3.28. The van der Waals surface area contributed by atoms with Gasteiger partial charge in [0.05, 0.1) is 11.6 Å². The highest BCUT2D eigenvalue weighted by Gasteiger charge is 2.23. The summed E-state index contributed by atoms with van der Waals surface area (Å²) in [5, 5.41) is 11.2. The van der Waals surface area contributed by atoms with Gasteiger partial charge in [0.1, 0.15) is 0 Å². The van der Waals surface area contributed by atoms with Crippen LogP contribution in [-0.4, -0.2) is 29.1 Å². The summed E-state index contributed by atoms with van der Waals surface area (Å²) >= 11 is 6.27. The van der Waals surface area contributed by atoms with Gasteiger partial charge in [-0.2, -0.15) is 5.26 Å². The minimum absolute atomic E-state index is 0.655. The van der Waals surface area contributed by atoms with Gasteiger partial charge in [-0.15, -0.1) is 0 Å². The topological polar surface area (TPSA) is 32.0 Å². The van der Waals surface area contributed by atoms with Gasteiger partial charge >= 0.3 is 0 Å². The first kappa shape index (κ1) is 17.1. The highest BCUT2D eigenvalue weighted by molar-refractivity contribution is 6.31. The molecule has 132 valence electrons. The van der Waals surface area contributed by atoms with E-state index in [0.717, 1.165) is 43.2 Å². The van der Waals surface area contributed by atoms with E-state index in [1.807, 2.05) is 30.3 Å². The van der Waals surface area contributed by atoms with Crippen LogP contribution in [0.1, 0.15) is 17.5 Å². The van der Waals surface area contributed by atoms with Crippen LogP contribution in [0.2, 0.25) is 5.02 Å². The van der Waals surface area contributed by atoms with Gasteiger partial charge in [-0.3, -0.25) is 0 Å². The van der Waals surface area contributed by atoms with Crippen LogP contribution in [0.4, 0.5) is 0 Å². The maximum Gasteiger partial charge on any atom is 0.0992 e. The van der Waals surface area contributed by atoms with Crippen LogP contribution in [-0.2, 0) is 13.0 Å². The maximum absolute atomic E-state index is 9.14. The number of rotatable bonds is 5. The Morgan fingerprint density at radius 1 is 1.15 bits per heavy atom. The molecule has 0 saturated carbocycles. The molecule has 26 heavy (non-hydrogen) atoms. The lowest BCUT2D eigenvalue weighted by Crippen LogP contribution is -2.24. The van der Waals surface area contributed by atoms with Gasteiger partial charge in [0.2, 0.25) is 0 Å². The Morgan fingerprint density at radius 3 is 2.88 bits per heavy atom. The van der Waals surface area contributed by atoms with Crippen LogP contribution in [0.5, 0.6) is 0 Å². The number of fused-ring (bicyclic) bond motifs is 1. The van der Waals surface area contributed by atoms with E-state index < -0.39 is 0 Å². The minimum Gasteiger partial charge on any atom is -0.347 e. The van der Waals surface area contributed by atoms with Crippen molar-refractivity contribution < 1.29 is 0 Å². The van der Waals surface area contributed by atoms with Crippen LogP contribution in [0.3, 0.4) is 0 Å². The molecule has 0 radical (unpaired) electrons. The largest absolute Gasteiger partial charge is 0.347 e. The van der Waals surface area contributed by atoms with Crippen LogP contribution >= 0.6 is 11.6 Å². The summed E-state index contributed by atoms with van der Waals surface area (Å²) in [6.45, 7) is 4.35. The Hall–Kier alpha value is -2.28. The average molecular weight is 364 g/mol. The first-order valence-electron chi connectivity index (χ1n) is 9.17. The Morgan fingerprint density at radius 2 is 2.04 bits per heavy atom. The van der Waals surface area contributed by atoms with E-state index in [-0.39, 0.29) is 0 Å². The summed E-state index contributed by atoms with van der Waals surface area (Å²) in [6.07, 6.45) is 4.38. The molecule has 4 rings (SSSR count). The number of aromatic nitrogens is 1. The van der Waals surface area contributed by atoms with Gasteiger partial charge < -0.3 is 9.47 Å². The molecule has 1 aromatic heterocycles. The van der Waals surface area contributed by atoms with Crippen molar-refractivity contribution in [3.63, 3.8) is 0 Å². The van der Waals surface area contributed by atoms with Gasteiger partial charge in [-0.25, -0.2) is 0 Å². The van der Waals surface area contributed by atoms with Crippen molar-refractivity contribution in [1.82, 2.24) is 9.47 Å². The molecule has 0 N–H and O–H groups in total. The molecule has 2 aromatic carbocycles. The van der Waals surface area contributed by atoms with Crippen LogP contribution in [0.25, 0.3) is 10.9 Å². The minimum atomic E-state index is 0.655. The molecule has 1 aliphatic rings. The first-order chi connectivity index (χ1) is 12.7. The van der Waals surface area contributed by atoms with Gasteiger partial charge in [-0.05, 0) is 60.5 Å². The normalized spacial score (nSPS) is 17.6. The van der Waals surface area contributed by atoms with Crippen molar-refractivity contribution in [1.29, 1.82) is 5.26 Å². The molecule has 1 saturated heterocycles. The Balaban J connectivity index is 1.37. The fourth-order valence-corrected chi connectivity index (χ4v) is 4.17. The highest BCUT2D eigenvalue weighted by Crippen LogP contribution is 2.24. The van der Waals surface area contributed by atoms with Crippen LogP contribution in [0, 0.1) is 17.2 Å². The van der Waals surface area contributed by atoms with E-state index in [1.165, 1.54) is 22.9 Å². The molecule has 1 fully saturated rings. The molecule has 0 bridgehead atoms.